The number of hydrogen-bond donors (Lipinski definition) is 1. The van der Waals surface area contributed by atoms with Gasteiger partial charge in [-0.25, -0.2) is 4.39 Å². The number of hydrogen-bond acceptors (Lipinski definition) is 1. The molecule has 0 aliphatic heterocycles. The van der Waals surface area contributed by atoms with E-state index < -0.39 is 46.3 Å². The molecule has 0 fully saturated rings. The third kappa shape index (κ3) is 3.72. The van der Waals surface area contributed by atoms with Gasteiger partial charge in [0.1, 0.15) is 11.9 Å². The van der Waals surface area contributed by atoms with Gasteiger partial charge in [0.05, 0.1) is 10.6 Å². The predicted molar refractivity (Wildman–Crippen MR) is 61.6 cm³/mol. The highest BCUT2D eigenvalue weighted by Gasteiger charge is 2.63. The van der Waals surface area contributed by atoms with E-state index in [0.29, 0.717) is 6.07 Å². The van der Waals surface area contributed by atoms with Crippen LogP contribution in [0.1, 0.15) is 17.2 Å². The third-order valence-corrected chi connectivity index (χ3v) is 2.81. The van der Waals surface area contributed by atoms with Crippen molar-refractivity contribution in [3.8, 4) is 0 Å². The maximum absolute atomic E-state index is 13.5. The fourth-order valence-corrected chi connectivity index (χ4v) is 1.64. The van der Waals surface area contributed by atoms with E-state index in [-0.39, 0.29) is 18.5 Å². The fourth-order valence-electron chi connectivity index (χ4n) is 1.48. The number of alkyl halides is 8. The summed E-state index contributed by atoms with van der Waals surface area (Å²) in [6, 6.07) is -3.15. The van der Waals surface area contributed by atoms with Crippen molar-refractivity contribution >= 4 is 24.0 Å². The molecular formula is C10H6Cl2F9N. The van der Waals surface area contributed by atoms with Gasteiger partial charge in [0.25, 0.3) is 0 Å². The van der Waals surface area contributed by atoms with Gasteiger partial charge in [-0.2, -0.15) is 35.1 Å². The first-order chi connectivity index (χ1) is 9.21. The van der Waals surface area contributed by atoms with Crippen molar-refractivity contribution in [2.45, 2.75) is 24.3 Å². The summed E-state index contributed by atoms with van der Waals surface area (Å²) in [5.74, 6) is -7.86. The molecule has 0 heterocycles. The van der Waals surface area contributed by atoms with E-state index in [0.717, 1.165) is 0 Å². The molecule has 0 bridgehead atoms. The molecule has 0 radical (unpaired) electrons. The highest BCUT2D eigenvalue weighted by Crippen LogP contribution is 2.47. The first-order valence-corrected chi connectivity index (χ1v) is 5.34. The molecule has 1 nitrogen and oxygen atoms in total. The molecule has 1 aromatic rings. The van der Waals surface area contributed by atoms with Crippen molar-refractivity contribution < 1.29 is 39.5 Å². The van der Waals surface area contributed by atoms with Crippen LogP contribution in [0.5, 0.6) is 0 Å². The normalized spacial score (nSPS) is 14.5. The van der Waals surface area contributed by atoms with Gasteiger partial charge in [-0.15, -0.1) is 12.4 Å². The van der Waals surface area contributed by atoms with E-state index in [1.54, 1.807) is 0 Å². The molecule has 0 amide bonds. The Morgan fingerprint density at radius 3 is 1.77 bits per heavy atom. The Labute approximate surface area is 128 Å². The summed E-state index contributed by atoms with van der Waals surface area (Å²) in [5, 5.41) is -1.06. The first-order valence-electron chi connectivity index (χ1n) is 4.96. The predicted octanol–water partition coefficient (Wildman–Crippen LogP) is 5.12. The Bertz CT molecular complexity index is 538. The van der Waals surface area contributed by atoms with Crippen LogP contribution in [0.2, 0.25) is 5.02 Å². The van der Waals surface area contributed by atoms with Gasteiger partial charge < -0.3 is 5.73 Å². The quantitative estimate of drug-likeness (QED) is 0.707. The average molecular weight is 382 g/mol. The lowest BCUT2D eigenvalue weighted by molar-refractivity contribution is -0.291. The van der Waals surface area contributed by atoms with Gasteiger partial charge in [-0.1, -0.05) is 11.6 Å². The van der Waals surface area contributed by atoms with Crippen LogP contribution in [0.4, 0.5) is 39.5 Å². The summed E-state index contributed by atoms with van der Waals surface area (Å²) in [4.78, 5) is 0. The van der Waals surface area contributed by atoms with E-state index in [1.807, 2.05) is 0 Å². The lowest BCUT2D eigenvalue weighted by atomic mass is 9.94. The molecule has 0 spiro atoms. The Morgan fingerprint density at radius 1 is 0.955 bits per heavy atom. The van der Waals surface area contributed by atoms with Crippen molar-refractivity contribution in [1.82, 2.24) is 0 Å². The van der Waals surface area contributed by atoms with Crippen molar-refractivity contribution in [2.24, 2.45) is 5.73 Å². The zero-order chi connectivity index (χ0) is 16.8. The van der Waals surface area contributed by atoms with Crippen LogP contribution >= 0.6 is 24.0 Å². The van der Waals surface area contributed by atoms with Gasteiger partial charge in [-0.3, -0.25) is 0 Å². The summed E-state index contributed by atoms with van der Waals surface area (Å²) >= 11 is 5.12. The minimum absolute atomic E-state index is 0. The highest BCUT2D eigenvalue weighted by molar-refractivity contribution is 6.30. The van der Waals surface area contributed by atoms with Crippen LogP contribution in [0.15, 0.2) is 12.1 Å². The van der Waals surface area contributed by atoms with Crippen molar-refractivity contribution in [3.63, 3.8) is 0 Å². The number of rotatable bonds is 2. The molecule has 128 valence electrons. The van der Waals surface area contributed by atoms with Crippen molar-refractivity contribution in [3.05, 3.63) is 34.1 Å². The van der Waals surface area contributed by atoms with Crippen LogP contribution in [0.25, 0.3) is 0 Å². The van der Waals surface area contributed by atoms with E-state index in [2.05, 4.69) is 5.73 Å². The van der Waals surface area contributed by atoms with Crippen molar-refractivity contribution in [2.75, 3.05) is 0 Å². The summed E-state index contributed by atoms with van der Waals surface area (Å²) < 4.78 is 114. The Hall–Kier alpha value is -0.870. The largest absolute Gasteiger partial charge is 0.455 e. The van der Waals surface area contributed by atoms with Crippen LogP contribution in [-0.4, -0.2) is 12.1 Å². The zero-order valence-electron chi connectivity index (χ0n) is 10.00. The maximum Gasteiger partial charge on any atom is 0.455 e. The van der Waals surface area contributed by atoms with Gasteiger partial charge in [0.15, 0.2) is 0 Å². The Balaban J connectivity index is 0.00000441. The average Bonchev–Trinajstić information content (AvgIpc) is 2.28. The highest BCUT2D eigenvalue weighted by atomic mass is 35.5. The van der Waals surface area contributed by atoms with Gasteiger partial charge in [0.2, 0.25) is 0 Å². The standard InChI is InChI=1S/C10H5ClF9N.ClH/c11-4-2-1-3(9(15,16)17)5(6(4)12)7(21)8(13,14)10(18,19)20;/h1-2,7H,21H2;1H/t7-;/m1./s1. The topological polar surface area (TPSA) is 26.0 Å². The van der Waals surface area contributed by atoms with E-state index in [9.17, 15) is 39.5 Å². The van der Waals surface area contributed by atoms with E-state index in [1.165, 1.54) is 0 Å². The second-order valence-corrected chi connectivity index (χ2v) is 4.33. The molecule has 0 saturated carbocycles. The summed E-state index contributed by atoms with van der Waals surface area (Å²) in [7, 11) is 0. The van der Waals surface area contributed by atoms with Gasteiger partial charge in [-0.05, 0) is 12.1 Å². The Morgan fingerprint density at radius 2 is 1.41 bits per heavy atom. The fraction of sp³-hybridized carbons (Fsp3) is 0.400. The Kier molecular flexibility index (Phi) is 6.07. The summed E-state index contributed by atoms with van der Waals surface area (Å²) in [5.41, 5.74) is 0.459. The van der Waals surface area contributed by atoms with Crippen LogP contribution < -0.4 is 5.73 Å². The monoisotopic (exact) mass is 381 g/mol. The number of benzene rings is 1. The second kappa shape index (κ2) is 6.32. The van der Waals surface area contributed by atoms with Crippen LogP contribution in [0, 0.1) is 5.82 Å². The zero-order valence-corrected chi connectivity index (χ0v) is 11.6. The molecule has 1 aromatic carbocycles. The molecule has 0 aliphatic carbocycles. The summed E-state index contributed by atoms with van der Waals surface area (Å²) in [6.45, 7) is 0. The smallest absolute Gasteiger partial charge is 0.319 e. The number of nitrogens with two attached hydrogens (primary N) is 1. The van der Waals surface area contributed by atoms with Gasteiger partial charge in [0, 0.05) is 5.56 Å². The van der Waals surface area contributed by atoms with E-state index in [4.69, 9.17) is 11.6 Å². The lowest BCUT2D eigenvalue weighted by Crippen LogP contribution is -2.46. The van der Waals surface area contributed by atoms with Crippen molar-refractivity contribution in [1.29, 1.82) is 0 Å². The first kappa shape index (κ1) is 21.1. The SMILES string of the molecule is Cl.N[C@H](c1c(C(F)(F)F)ccc(Cl)c1F)C(F)(F)C(F)(F)F. The molecule has 0 aromatic heterocycles. The lowest BCUT2D eigenvalue weighted by Gasteiger charge is -2.28. The summed E-state index contributed by atoms with van der Waals surface area (Å²) in [6.07, 6.45) is -11.6. The van der Waals surface area contributed by atoms with Crippen LogP contribution in [0.3, 0.4) is 0 Å². The molecule has 1 rings (SSSR count). The molecule has 0 unspecified atom stereocenters. The second-order valence-electron chi connectivity index (χ2n) is 3.92. The third-order valence-electron chi connectivity index (χ3n) is 2.52. The minimum atomic E-state index is -6.26. The van der Waals surface area contributed by atoms with E-state index >= 15 is 0 Å². The molecule has 12 heteroatoms. The molecule has 1 atom stereocenters. The maximum atomic E-state index is 13.5. The van der Waals surface area contributed by atoms with Crippen LogP contribution in [-0.2, 0) is 6.18 Å². The molecule has 0 saturated heterocycles. The molecule has 0 aliphatic rings. The molecule has 2 N–H and O–H groups in total. The number of halogens is 11. The van der Waals surface area contributed by atoms with Gasteiger partial charge >= 0.3 is 18.3 Å². The minimum Gasteiger partial charge on any atom is -0.319 e. The molecular weight excluding hydrogens is 376 g/mol. The molecule has 22 heavy (non-hydrogen) atoms.